The summed E-state index contributed by atoms with van der Waals surface area (Å²) in [7, 11) is 0. The standard InChI is InChI=1S/C21H24N4O5/c1-4-12-23-19(28)24(13-5-2)21(30)25(20(23)29)14-18(27)17-8-6-16(7-9-17)10-11-22-15(3)26/h4-9H,1-2,10-14H2,3H3,(H,22,26). The molecule has 0 atom stereocenters. The normalized spacial score (nSPS) is 10.4. The fraction of sp³-hybridized carbons (Fsp3) is 0.286. The maximum Gasteiger partial charge on any atom is 0.337 e. The Morgan fingerprint density at radius 2 is 1.40 bits per heavy atom. The van der Waals surface area contributed by atoms with Crippen molar-refractivity contribution in [1.82, 2.24) is 19.0 Å². The molecule has 0 spiro atoms. The molecule has 1 heterocycles. The molecule has 0 saturated carbocycles. The SMILES string of the molecule is C=CCn1c(=O)n(CC=C)c(=O)n(CC(=O)c2ccc(CCNC(C)=O)cc2)c1=O. The Kier molecular flexibility index (Phi) is 7.62. The Morgan fingerprint density at radius 3 is 1.87 bits per heavy atom. The summed E-state index contributed by atoms with van der Waals surface area (Å²) in [5.41, 5.74) is -1.28. The Labute approximate surface area is 172 Å². The smallest absolute Gasteiger partial charge is 0.337 e. The van der Waals surface area contributed by atoms with Gasteiger partial charge in [0.2, 0.25) is 5.91 Å². The van der Waals surface area contributed by atoms with Gasteiger partial charge >= 0.3 is 17.1 Å². The number of hydrogen-bond acceptors (Lipinski definition) is 5. The number of carbonyl (C=O) groups is 2. The van der Waals surface area contributed by atoms with Crippen LogP contribution in [0.5, 0.6) is 0 Å². The Morgan fingerprint density at radius 1 is 0.900 bits per heavy atom. The zero-order valence-corrected chi connectivity index (χ0v) is 16.8. The summed E-state index contributed by atoms with van der Waals surface area (Å²) in [5, 5.41) is 2.69. The van der Waals surface area contributed by atoms with Gasteiger partial charge in [-0.05, 0) is 12.0 Å². The van der Waals surface area contributed by atoms with Crippen LogP contribution in [0.15, 0.2) is 64.0 Å². The maximum atomic E-state index is 12.7. The van der Waals surface area contributed by atoms with E-state index in [4.69, 9.17) is 0 Å². The van der Waals surface area contributed by atoms with Crippen LogP contribution in [0.1, 0.15) is 22.8 Å². The number of aromatic nitrogens is 3. The first kappa shape index (κ1) is 22.5. The lowest BCUT2D eigenvalue weighted by Crippen LogP contribution is -2.55. The minimum absolute atomic E-state index is 0.0910. The average Bonchev–Trinajstić information content (AvgIpc) is 2.72. The lowest BCUT2D eigenvalue weighted by molar-refractivity contribution is -0.118. The first-order valence-corrected chi connectivity index (χ1v) is 9.33. The highest BCUT2D eigenvalue weighted by Gasteiger charge is 2.17. The molecule has 0 radical (unpaired) electrons. The topological polar surface area (TPSA) is 112 Å². The van der Waals surface area contributed by atoms with Gasteiger partial charge in [-0.3, -0.25) is 9.59 Å². The fourth-order valence-electron chi connectivity index (χ4n) is 2.86. The van der Waals surface area contributed by atoms with Crippen LogP contribution in [0.3, 0.4) is 0 Å². The number of Topliss-reactive ketones (excluding diaryl/α,β-unsaturated/α-hetero) is 1. The third kappa shape index (κ3) is 5.19. The summed E-state index contributed by atoms with van der Waals surface area (Å²) in [6.45, 7) is 8.24. The van der Waals surface area contributed by atoms with E-state index in [2.05, 4.69) is 18.5 Å². The van der Waals surface area contributed by atoms with Crippen LogP contribution < -0.4 is 22.4 Å². The van der Waals surface area contributed by atoms with Gasteiger partial charge in [-0.1, -0.05) is 36.4 Å². The van der Waals surface area contributed by atoms with E-state index >= 15 is 0 Å². The van der Waals surface area contributed by atoms with Crippen LogP contribution in [0.25, 0.3) is 0 Å². The minimum Gasteiger partial charge on any atom is -0.356 e. The fourth-order valence-corrected chi connectivity index (χ4v) is 2.86. The molecule has 0 saturated heterocycles. The highest BCUT2D eigenvalue weighted by atomic mass is 16.2. The van der Waals surface area contributed by atoms with Crippen molar-refractivity contribution in [3.63, 3.8) is 0 Å². The monoisotopic (exact) mass is 412 g/mol. The Hall–Kier alpha value is -3.75. The third-order valence-corrected chi connectivity index (χ3v) is 4.37. The molecule has 0 aliphatic heterocycles. The molecule has 2 rings (SSSR count). The second-order valence-corrected chi connectivity index (χ2v) is 6.59. The molecule has 0 bridgehead atoms. The predicted molar refractivity (Wildman–Crippen MR) is 113 cm³/mol. The molecule has 30 heavy (non-hydrogen) atoms. The molecule has 2 aromatic rings. The second-order valence-electron chi connectivity index (χ2n) is 6.59. The van der Waals surface area contributed by atoms with Crippen molar-refractivity contribution in [3.05, 3.63) is 92.2 Å². The Balaban J connectivity index is 2.32. The number of nitrogens with one attached hydrogen (secondary N) is 1. The van der Waals surface area contributed by atoms with E-state index in [1.54, 1.807) is 24.3 Å². The number of carbonyl (C=O) groups excluding carboxylic acids is 2. The van der Waals surface area contributed by atoms with Crippen LogP contribution in [0, 0.1) is 0 Å². The second kappa shape index (κ2) is 10.1. The molecule has 1 N–H and O–H groups in total. The number of ketones is 1. The largest absolute Gasteiger partial charge is 0.356 e. The summed E-state index contributed by atoms with van der Waals surface area (Å²) in [6.07, 6.45) is 3.32. The number of nitrogens with zero attached hydrogens (tertiary/aromatic N) is 3. The molecule has 0 aliphatic rings. The van der Waals surface area contributed by atoms with E-state index in [-0.39, 0.29) is 19.0 Å². The summed E-state index contributed by atoms with van der Waals surface area (Å²) in [4.78, 5) is 61.2. The van der Waals surface area contributed by atoms with E-state index in [0.717, 1.165) is 19.3 Å². The molecular weight excluding hydrogens is 388 g/mol. The van der Waals surface area contributed by atoms with Crippen LogP contribution in [0.2, 0.25) is 0 Å². The number of hydrogen-bond donors (Lipinski definition) is 1. The summed E-state index contributed by atoms with van der Waals surface area (Å²) < 4.78 is 2.42. The molecule has 9 nitrogen and oxygen atoms in total. The first-order chi connectivity index (χ1) is 14.3. The lowest BCUT2D eigenvalue weighted by Gasteiger charge is -2.12. The van der Waals surface area contributed by atoms with Crippen LogP contribution in [-0.2, 0) is 30.8 Å². The van der Waals surface area contributed by atoms with Gasteiger partial charge in [-0.2, -0.15) is 0 Å². The molecule has 1 aromatic heterocycles. The predicted octanol–water partition coefficient (Wildman–Crippen LogP) is 0.105. The first-order valence-electron chi connectivity index (χ1n) is 9.33. The Bertz CT molecular complexity index is 1090. The van der Waals surface area contributed by atoms with Crippen molar-refractivity contribution >= 4 is 11.7 Å². The molecule has 0 aliphatic carbocycles. The lowest BCUT2D eigenvalue weighted by atomic mass is 10.1. The van der Waals surface area contributed by atoms with Gasteiger partial charge in [0.15, 0.2) is 5.78 Å². The van der Waals surface area contributed by atoms with Gasteiger partial charge in [-0.25, -0.2) is 28.1 Å². The number of rotatable bonds is 10. The highest BCUT2D eigenvalue weighted by molar-refractivity contribution is 5.95. The van der Waals surface area contributed by atoms with Gasteiger partial charge in [0, 0.05) is 19.0 Å². The van der Waals surface area contributed by atoms with Gasteiger partial charge < -0.3 is 5.32 Å². The molecule has 1 aromatic carbocycles. The van der Waals surface area contributed by atoms with E-state index < -0.39 is 29.4 Å². The summed E-state index contributed by atoms with van der Waals surface area (Å²) in [6, 6.07) is 6.68. The molecule has 158 valence electrons. The van der Waals surface area contributed by atoms with Crippen molar-refractivity contribution in [2.75, 3.05) is 6.54 Å². The van der Waals surface area contributed by atoms with Crippen LogP contribution in [0.4, 0.5) is 0 Å². The van der Waals surface area contributed by atoms with Crippen molar-refractivity contribution < 1.29 is 9.59 Å². The van der Waals surface area contributed by atoms with Gasteiger partial charge in [0.1, 0.15) is 0 Å². The van der Waals surface area contributed by atoms with Crippen molar-refractivity contribution in [1.29, 1.82) is 0 Å². The van der Waals surface area contributed by atoms with Crippen LogP contribution >= 0.6 is 0 Å². The van der Waals surface area contributed by atoms with E-state index in [0.29, 0.717) is 18.5 Å². The average molecular weight is 412 g/mol. The van der Waals surface area contributed by atoms with E-state index in [1.165, 1.54) is 19.1 Å². The quantitative estimate of drug-likeness (QED) is 0.440. The minimum atomic E-state index is -0.870. The van der Waals surface area contributed by atoms with E-state index in [1.807, 2.05) is 0 Å². The molecule has 0 unspecified atom stereocenters. The number of allylic oxidation sites excluding steroid dienone is 2. The third-order valence-electron chi connectivity index (χ3n) is 4.37. The molecule has 1 amide bonds. The molecular formula is C21H24N4O5. The van der Waals surface area contributed by atoms with Crippen molar-refractivity contribution in [2.24, 2.45) is 0 Å². The van der Waals surface area contributed by atoms with Crippen molar-refractivity contribution in [3.8, 4) is 0 Å². The number of amides is 1. The van der Waals surface area contributed by atoms with Gasteiger partial charge in [-0.15, -0.1) is 13.2 Å². The molecule has 9 heteroatoms. The molecule has 0 fully saturated rings. The highest BCUT2D eigenvalue weighted by Crippen LogP contribution is 2.06. The van der Waals surface area contributed by atoms with Gasteiger partial charge in [0.25, 0.3) is 0 Å². The number of benzene rings is 1. The zero-order chi connectivity index (χ0) is 22.3. The zero-order valence-electron chi connectivity index (χ0n) is 16.8. The maximum absolute atomic E-state index is 12.7. The van der Waals surface area contributed by atoms with Crippen LogP contribution in [-0.4, -0.2) is 31.9 Å². The van der Waals surface area contributed by atoms with Gasteiger partial charge in [0.05, 0.1) is 19.6 Å². The summed E-state index contributed by atoms with van der Waals surface area (Å²) >= 11 is 0. The van der Waals surface area contributed by atoms with Crippen molar-refractivity contribution in [2.45, 2.75) is 33.0 Å². The van der Waals surface area contributed by atoms with E-state index in [9.17, 15) is 24.0 Å². The summed E-state index contributed by atoms with van der Waals surface area (Å²) in [5.74, 6) is -0.566.